The third-order valence-electron chi connectivity index (χ3n) is 23.8. The van der Waals surface area contributed by atoms with Crippen molar-refractivity contribution in [2.75, 3.05) is 39.3 Å². The molecule has 4 aliphatic heterocycles. The summed E-state index contributed by atoms with van der Waals surface area (Å²) in [6.07, 6.45) is 7.85. The monoisotopic (exact) mass is 1850 g/mol. The average molecular weight is 1860 g/mol. The Kier molecular flexibility index (Phi) is 31.4. The Morgan fingerprint density at radius 2 is 0.810 bits per heavy atom. The molecule has 4 aliphatic rings. The van der Waals surface area contributed by atoms with Gasteiger partial charge in [-0.15, -0.1) is 12.4 Å². The number of esters is 1. The van der Waals surface area contributed by atoms with Gasteiger partial charge < -0.3 is 79.0 Å². The molecule has 652 valence electrons. The molecule has 0 radical (unpaired) electrons. The number of benzene rings is 9. The summed E-state index contributed by atoms with van der Waals surface area (Å²) >= 11 is 7.01. The van der Waals surface area contributed by atoms with Gasteiger partial charge in [0.2, 0.25) is 0 Å². The van der Waals surface area contributed by atoms with E-state index in [9.17, 15) is 51.8 Å². The molecule has 9 aromatic carbocycles. The van der Waals surface area contributed by atoms with Gasteiger partial charge in [-0.05, 0) is 265 Å². The molecule has 31 heteroatoms. The van der Waals surface area contributed by atoms with Crippen molar-refractivity contribution < 1.29 is 65.9 Å². The number of nitrogens with two attached hydrogens (primary N) is 3. The van der Waals surface area contributed by atoms with Crippen molar-refractivity contribution in [1.82, 2.24) is 32.7 Å². The minimum atomic E-state index is -0.513. The van der Waals surface area contributed by atoms with Crippen molar-refractivity contribution >= 4 is 145 Å². The number of piperidine rings is 1. The number of rotatable bonds is 20. The van der Waals surface area contributed by atoms with Crippen LogP contribution < -0.4 is 17.2 Å². The summed E-state index contributed by atoms with van der Waals surface area (Å²) in [5.41, 5.74) is 30.1. The number of amides is 3. The Labute approximate surface area is 755 Å². The van der Waals surface area contributed by atoms with Gasteiger partial charge in [-0.25, -0.2) is 22.4 Å². The Balaban J connectivity index is 0.000000144. The molecule has 4 aromatic heterocycles. The van der Waals surface area contributed by atoms with Gasteiger partial charge in [0, 0.05) is 80.8 Å². The van der Waals surface area contributed by atoms with Crippen LogP contribution in [0.2, 0.25) is 20.5 Å². The maximum atomic E-state index is 13.6. The smallest absolute Gasteiger partial charge is 0.456 e. The van der Waals surface area contributed by atoms with Crippen molar-refractivity contribution in [1.29, 1.82) is 0 Å². The summed E-state index contributed by atoms with van der Waals surface area (Å²) in [6, 6.07) is 65.8. The molecule has 13 aromatic rings. The first kappa shape index (κ1) is 94.5. The Bertz CT molecular complexity index is 6140. The second kappa shape index (κ2) is 41.9. The molecule has 2 saturated heterocycles. The highest BCUT2D eigenvalue weighted by atomic mass is 79.9. The standard InChI is InChI=1S/C23H17BrFNO2.C22H25BFN3O2.C22H23BFN3O2.C16H12BrFN2O.C12H23B2NO3.ClH/c24-20-10-5-11-21-19(20)13-22(23(27)28-15-16-6-2-1-3-7-16)26(21)14-17-8-4-9-18(25)12-17;2*1-23(29)26-10-8-16(9-11-26)18-6-3-7-20-19(18)13-21(22(25)28)27(20)14-15-4-2-5-17(24)12-15;17-13-5-2-6-14-12(13)8-15(16(19)21)20(14)9-10-3-1-4-11(18)7-10;1-11(2)12(3,4)18-14(17-11)10-6-8-15(9-7-10)13(5)16;/h1-13H,14-15H2;2-7,12-13,16,29H,8-11,14H2,1H3,(H2,25,28);2-8,12-13,29H,9-11,14H2,1H3,(H2,25,28);1-8H,9H2,(H2,19,21);6,16H,7-9H2,1-5H3;1H. The van der Waals surface area contributed by atoms with E-state index >= 15 is 0 Å². The maximum Gasteiger partial charge on any atom is 0.490 e. The Morgan fingerprint density at radius 3 is 1.21 bits per heavy atom. The van der Waals surface area contributed by atoms with Crippen LogP contribution in [0.4, 0.5) is 17.6 Å². The summed E-state index contributed by atoms with van der Waals surface area (Å²) in [7, 11) is -1.52. The topological polar surface area (TPSA) is 264 Å². The van der Waals surface area contributed by atoms with E-state index in [1.165, 1.54) is 65.1 Å². The third kappa shape index (κ3) is 22.7. The van der Waals surface area contributed by atoms with Crippen LogP contribution in [0.25, 0.3) is 49.2 Å². The molecule has 17 rings (SSSR count). The molecule has 0 bridgehead atoms. The highest BCUT2D eigenvalue weighted by molar-refractivity contribution is 9.11. The van der Waals surface area contributed by atoms with E-state index in [1.54, 1.807) is 55.4 Å². The quantitative estimate of drug-likeness (QED) is 0.0236. The van der Waals surface area contributed by atoms with Crippen molar-refractivity contribution in [2.24, 2.45) is 17.2 Å². The van der Waals surface area contributed by atoms with Crippen LogP contribution in [0.15, 0.2) is 251 Å². The molecule has 3 amide bonds. The summed E-state index contributed by atoms with van der Waals surface area (Å²) in [5.74, 6) is -2.78. The largest absolute Gasteiger partial charge is 0.490 e. The maximum absolute atomic E-state index is 13.6. The lowest BCUT2D eigenvalue weighted by atomic mass is 9.72. The number of nitrogens with zero attached hydrogens (tertiary/aromatic N) is 7. The van der Waals surface area contributed by atoms with Gasteiger partial charge in [0.15, 0.2) is 0 Å². The first-order chi connectivity index (χ1) is 59.8. The normalized spacial score (nSPS) is 15.2. The Morgan fingerprint density at radius 1 is 0.444 bits per heavy atom. The van der Waals surface area contributed by atoms with Gasteiger partial charge in [0.1, 0.15) is 52.7 Å². The lowest BCUT2D eigenvalue weighted by molar-refractivity contribution is 0.00578. The van der Waals surface area contributed by atoms with E-state index in [2.05, 4.69) is 82.6 Å². The Hall–Kier alpha value is -10.6. The van der Waals surface area contributed by atoms with E-state index < -0.39 is 37.8 Å². The SMILES string of the molecule is CB(O)N1CC=C(B2OC(C)(C)C(C)(C)O2)CC1.CB(O)N1CC=C(c2cccc3c2cc(C(N)=O)n3Cc2cccc(F)c2)CC1.CB(O)N1CCC(c2cccc3c2cc(C(N)=O)n3Cc2cccc(F)c2)CC1.Cl.NC(=O)c1cc2c(Br)cccc2n1Cc1cccc(F)c1.O=C(OCc1ccccc1)c1cc2c(Br)cccc2n1Cc1cccc(F)c1. The summed E-state index contributed by atoms with van der Waals surface area (Å²) in [6.45, 7) is 20.1. The van der Waals surface area contributed by atoms with Crippen LogP contribution >= 0.6 is 44.3 Å². The second-order valence-corrected chi connectivity index (χ2v) is 34.5. The van der Waals surface area contributed by atoms with Crippen molar-refractivity contribution in [3.63, 3.8) is 0 Å². The molecular formula is C95H101B4Br2ClF4N10O10. The molecule has 8 heterocycles. The van der Waals surface area contributed by atoms with E-state index in [-0.39, 0.29) is 67.7 Å². The predicted octanol–water partition coefficient (Wildman–Crippen LogP) is 17.8. The number of hydrogen-bond donors (Lipinski definition) is 6. The molecule has 9 N–H and O–H groups in total. The summed E-state index contributed by atoms with van der Waals surface area (Å²) in [4.78, 5) is 54.9. The third-order valence-corrected chi connectivity index (χ3v) is 25.2. The van der Waals surface area contributed by atoms with Gasteiger partial charge in [-0.2, -0.15) is 0 Å². The molecule has 0 aliphatic carbocycles. The van der Waals surface area contributed by atoms with Crippen LogP contribution in [0.3, 0.4) is 0 Å². The number of carbonyl (C=O) groups excluding carboxylic acids is 4. The van der Waals surface area contributed by atoms with Crippen LogP contribution in [-0.4, -0.2) is 150 Å². The number of halogens is 7. The highest BCUT2D eigenvalue weighted by Gasteiger charge is 2.52. The zero-order valence-electron chi connectivity index (χ0n) is 71.2. The van der Waals surface area contributed by atoms with Crippen molar-refractivity contribution in [3.05, 3.63) is 336 Å². The molecule has 20 nitrogen and oxygen atoms in total. The van der Waals surface area contributed by atoms with Crippen molar-refractivity contribution in [3.8, 4) is 0 Å². The van der Waals surface area contributed by atoms with E-state index in [1.807, 2.05) is 163 Å². The minimum absolute atomic E-state index is 0. The average Bonchev–Trinajstić information content (AvgIpc) is 1.63. The van der Waals surface area contributed by atoms with Gasteiger partial charge >= 0.3 is 34.2 Å². The molecule has 0 unspecified atom stereocenters. The molecule has 0 atom stereocenters. The second-order valence-electron chi connectivity index (χ2n) is 32.8. The first-order valence-corrected chi connectivity index (χ1v) is 43.3. The summed E-state index contributed by atoms with van der Waals surface area (Å²) in [5, 5.41) is 32.9. The number of fused-ring (bicyclic) bond motifs is 4. The van der Waals surface area contributed by atoms with E-state index in [0.717, 1.165) is 144 Å². The minimum Gasteiger partial charge on any atom is -0.456 e. The fourth-order valence-corrected chi connectivity index (χ4v) is 17.3. The summed E-state index contributed by atoms with van der Waals surface area (Å²) < 4.78 is 81.0. The zero-order chi connectivity index (χ0) is 89.1. The van der Waals surface area contributed by atoms with Gasteiger partial charge in [0.05, 0.1) is 22.2 Å². The molecule has 0 spiro atoms. The molecular weight excluding hydrogens is 1760 g/mol. The number of aromatic nitrogens is 4. The first-order valence-electron chi connectivity index (χ1n) is 41.7. The fourth-order valence-electron chi connectivity index (χ4n) is 16.4. The highest BCUT2D eigenvalue weighted by Crippen LogP contribution is 2.41. The van der Waals surface area contributed by atoms with Crippen LogP contribution in [-0.2, 0) is 46.8 Å². The van der Waals surface area contributed by atoms with Crippen molar-refractivity contribution in [2.45, 2.75) is 124 Å². The number of primary amides is 3. The predicted molar refractivity (Wildman–Crippen MR) is 503 cm³/mol. The zero-order valence-corrected chi connectivity index (χ0v) is 75.2. The molecule has 126 heavy (non-hydrogen) atoms. The lowest BCUT2D eigenvalue weighted by Gasteiger charge is -2.33. The lowest BCUT2D eigenvalue weighted by Crippen LogP contribution is -2.42. The van der Waals surface area contributed by atoms with Gasteiger partial charge in [-0.1, -0.05) is 159 Å². The van der Waals surface area contributed by atoms with Crippen LogP contribution in [0.1, 0.15) is 140 Å². The number of hydrogen-bond acceptors (Lipinski definition) is 13. The number of carbonyl (C=O) groups is 4. The van der Waals surface area contributed by atoms with E-state index in [0.29, 0.717) is 61.4 Å². The van der Waals surface area contributed by atoms with Crippen LogP contribution in [0, 0.1) is 23.3 Å². The number of ether oxygens (including phenoxy) is 1. The van der Waals surface area contributed by atoms with E-state index in [4.69, 9.17) is 31.2 Å². The van der Waals surface area contributed by atoms with Gasteiger partial charge in [0.25, 0.3) is 17.7 Å². The molecule has 2 fully saturated rings. The molecule has 0 saturated carbocycles. The van der Waals surface area contributed by atoms with Crippen LogP contribution in [0.5, 0.6) is 0 Å². The fraction of sp³-hybridized carbons (Fsp3) is 0.263. The van der Waals surface area contributed by atoms with Gasteiger partial charge in [-0.3, -0.25) is 14.4 Å².